The van der Waals surface area contributed by atoms with Crippen molar-refractivity contribution in [2.75, 3.05) is 5.73 Å². The van der Waals surface area contributed by atoms with Crippen LogP contribution < -0.4 is 10.5 Å². The molecular formula is C16H20N2O2S. The molecule has 0 aliphatic heterocycles. The normalized spacial score (nSPS) is 11.5. The first-order valence-electron chi connectivity index (χ1n) is 6.86. The van der Waals surface area contributed by atoms with Crippen LogP contribution in [0.4, 0.5) is 5.69 Å². The number of sulfonamides is 1. The molecule has 0 radical (unpaired) electrons. The lowest BCUT2D eigenvalue weighted by atomic mass is 10.1. The number of rotatable bonds is 5. The van der Waals surface area contributed by atoms with Crippen molar-refractivity contribution in [3.8, 4) is 0 Å². The largest absolute Gasteiger partial charge is 0.399 e. The molecule has 0 saturated carbocycles. The Morgan fingerprint density at radius 1 is 1.10 bits per heavy atom. The van der Waals surface area contributed by atoms with Gasteiger partial charge in [-0.05, 0) is 42.2 Å². The van der Waals surface area contributed by atoms with Crippen LogP contribution in [0, 0.1) is 6.92 Å². The highest BCUT2D eigenvalue weighted by atomic mass is 32.2. The molecule has 4 nitrogen and oxygen atoms in total. The minimum atomic E-state index is -3.57. The molecule has 0 atom stereocenters. The maximum Gasteiger partial charge on any atom is 0.241 e. The Bertz CT molecular complexity index is 740. The van der Waals surface area contributed by atoms with E-state index in [2.05, 4.69) is 4.72 Å². The summed E-state index contributed by atoms with van der Waals surface area (Å²) in [4.78, 5) is 0.263. The van der Waals surface area contributed by atoms with E-state index >= 15 is 0 Å². The molecule has 0 aliphatic rings. The molecule has 0 aliphatic carbocycles. The molecule has 2 aromatic rings. The summed E-state index contributed by atoms with van der Waals surface area (Å²) in [5.41, 5.74) is 8.95. The molecule has 0 heterocycles. The van der Waals surface area contributed by atoms with Crippen molar-refractivity contribution in [1.29, 1.82) is 0 Å². The molecule has 112 valence electrons. The molecule has 0 fully saturated rings. The van der Waals surface area contributed by atoms with Gasteiger partial charge >= 0.3 is 0 Å². The molecular weight excluding hydrogens is 284 g/mol. The van der Waals surface area contributed by atoms with Gasteiger partial charge in [-0.1, -0.05) is 37.3 Å². The Balaban J connectivity index is 2.27. The molecule has 0 bridgehead atoms. The van der Waals surface area contributed by atoms with Crippen molar-refractivity contribution in [3.05, 3.63) is 59.2 Å². The van der Waals surface area contributed by atoms with Gasteiger partial charge in [-0.15, -0.1) is 0 Å². The Morgan fingerprint density at radius 3 is 2.48 bits per heavy atom. The Kier molecular flexibility index (Phi) is 4.65. The summed E-state index contributed by atoms with van der Waals surface area (Å²) in [5, 5.41) is 0. The molecule has 0 amide bonds. The number of aryl methyl sites for hydroxylation is 2. The molecule has 2 rings (SSSR count). The zero-order valence-corrected chi connectivity index (χ0v) is 13.1. The minimum absolute atomic E-state index is 0.263. The number of nitrogens with two attached hydrogens (primary N) is 1. The van der Waals surface area contributed by atoms with Crippen LogP contribution in [0.15, 0.2) is 47.4 Å². The highest BCUT2D eigenvalue weighted by Gasteiger charge is 2.18. The standard InChI is InChI=1S/C16H20N2O2S/c1-3-13-8-9-15(17)10-16(13)21(19,20)18-11-14-7-5-4-6-12(14)2/h4-10,18H,3,11,17H2,1-2H3. The Labute approximate surface area is 126 Å². The van der Waals surface area contributed by atoms with Gasteiger partial charge in [0.2, 0.25) is 10.0 Å². The van der Waals surface area contributed by atoms with Crippen molar-refractivity contribution in [3.63, 3.8) is 0 Å². The maximum atomic E-state index is 12.5. The van der Waals surface area contributed by atoms with E-state index < -0.39 is 10.0 Å². The quantitative estimate of drug-likeness (QED) is 0.834. The lowest BCUT2D eigenvalue weighted by Gasteiger charge is -2.12. The number of hydrogen-bond acceptors (Lipinski definition) is 3. The fourth-order valence-corrected chi connectivity index (χ4v) is 3.52. The summed E-state index contributed by atoms with van der Waals surface area (Å²) < 4.78 is 27.6. The van der Waals surface area contributed by atoms with Gasteiger partial charge in [0.15, 0.2) is 0 Å². The molecule has 0 saturated heterocycles. The SMILES string of the molecule is CCc1ccc(N)cc1S(=O)(=O)NCc1ccccc1C. The van der Waals surface area contributed by atoms with E-state index in [0.29, 0.717) is 12.1 Å². The summed E-state index contributed by atoms with van der Waals surface area (Å²) in [5.74, 6) is 0. The summed E-state index contributed by atoms with van der Waals surface area (Å²) in [6.07, 6.45) is 0.640. The molecule has 0 unspecified atom stereocenters. The summed E-state index contributed by atoms with van der Waals surface area (Å²) in [7, 11) is -3.57. The van der Waals surface area contributed by atoms with Crippen LogP contribution in [-0.2, 0) is 23.0 Å². The first-order valence-corrected chi connectivity index (χ1v) is 8.35. The zero-order chi connectivity index (χ0) is 15.5. The van der Waals surface area contributed by atoms with E-state index in [9.17, 15) is 8.42 Å². The molecule has 3 N–H and O–H groups in total. The fourth-order valence-electron chi connectivity index (χ4n) is 2.17. The molecule has 0 spiro atoms. The van der Waals surface area contributed by atoms with Gasteiger partial charge < -0.3 is 5.73 Å². The van der Waals surface area contributed by atoms with Crippen molar-refractivity contribution in [2.45, 2.75) is 31.7 Å². The van der Waals surface area contributed by atoms with Gasteiger partial charge in [0.05, 0.1) is 4.90 Å². The maximum absolute atomic E-state index is 12.5. The highest BCUT2D eigenvalue weighted by molar-refractivity contribution is 7.89. The lowest BCUT2D eigenvalue weighted by Crippen LogP contribution is -2.24. The topological polar surface area (TPSA) is 72.2 Å². The van der Waals surface area contributed by atoms with Gasteiger partial charge in [0.25, 0.3) is 0 Å². The predicted molar refractivity (Wildman–Crippen MR) is 85.4 cm³/mol. The summed E-state index contributed by atoms with van der Waals surface area (Å²) >= 11 is 0. The zero-order valence-electron chi connectivity index (χ0n) is 12.3. The molecule has 2 aromatic carbocycles. The van der Waals surface area contributed by atoms with Gasteiger partial charge in [0.1, 0.15) is 0 Å². The van der Waals surface area contributed by atoms with Gasteiger partial charge in [-0.2, -0.15) is 0 Å². The number of nitrogen functional groups attached to an aromatic ring is 1. The first-order chi connectivity index (χ1) is 9.94. The summed E-state index contributed by atoms with van der Waals surface area (Å²) in [6, 6.07) is 12.7. The monoisotopic (exact) mass is 304 g/mol. The van der Waals surface area contributed by atoms with Crippen LogP contribution in [0.2, 0.25) is 0 Å². The van der Waals surface area contributed by atoms with Crippen LogP contribution in [0.1, 0.15) is 23.6 Å². The third kappa shape index (κ3) is 3.62. The van der Waals surface area contributed by atoms with E-state index in [1.807, 2.05) is 38.1 Å². The minimum Gasteiger partial charge on any atom is -0.399 e. The number of benzene rings is 2. The average Bonchev–Trinajstić information content (AvgIpc) is 2.46. The summed E-state index contributed by atoms with van der Waals surface area (Å²) in [6.45, 7) is 4.15. The second-order valence-corrected chi connectivity index (χ2v) is 6.71. The Hall–Kier alpha value is -1.85. The van der Waals surface area contributed by atoms with E-state index in [0.717, 1.165) is 16.7 Å². The van der Waals surface area contributed by atoms with Crippen molar-refractivity contribution in [2.24, 2.45) is 0 Å². The van der Waals surface area contributed by atoms with Crippen LogP contribution in [0.3, 0.4) is 0 Å². The van der Waals surface area contributed by atoms with Gasteiger partial charge in [-0.25, -0.2) is 13.1 Å². The third-order valence-electron chi connectivity index (χ3n) is 3.48. The first kappa shape index (κ1) is 15.5. The second kappa shape index (κ2) is 6.28. The Morgan fingerprint density at radius 2 is 1.81 bits per heavy atom. The van der Waals surface area contributed by atoms with Crippen LogP contribution >= 0.6 is 0 Å². The predicted octanol–water partition coefficient (Wildman–Crippen LogP) is 2.62. The number of hydrogen-bond donors (Lipinski definition) is 2. The van der Waals surface area contributed by atoms with Gasteiger partial charge in [-0.3, -0.25) is 0 Å². The second-order valence-electron chi connectivity index (χ2n) is 4.97. The van der Waals surface area contributed by atoms with Crippen LogP contribution in [-0.4, -0.2) is 8.42 Å². The van der Waals surface area contributed by atoms with Crippen molar-refractivity contribution >= 4 is 15.7 Å². The average molecular weight is 304 g/mol. The number of nitrogens with one attached hydrogen (secondary N) is 1. The van der Waals surface area contributed by atoms with Crippen LogP contribution in [0.25, 0.3) is 0 Å². The smallest absolute Gasteiger partial charge is 0.241 e. The van der Waals surface area contributed by atoms with E-state index in [4.69, 9.17) is 5.73 Å². The fraction of sp³-hybridized carbons (Fsp3) is 0.250. The number of anilines is 1. The molecule has 0 aromatic heterocycles. The van der Waals surface area contributed by atoms with E-state index in [1.165, 1.54) is 6.07 Å². The third-order valence-corrected chi connectivity index (χ3v) is 4.96. The van der Waals surface area contributed by atoms with Crippen molar-refractivity contribution < 1.29 is 8.42 Å². The molecule has 5 heteroatoms. The highest BCUT2D eigenvalue weighted by Crippen LogP contribution is 2.20. The van der Waals surface area contributed by atoms with Crippen molar-refractivity contribution in [1.82, 2.24) is 4.72 Å². The van der Waals surface area contributed by atoms with E-state index in [1.54, 1.807) is 12.1 Å². The van der Waals surface area contributed by atoms with Crippen LogP contribution in [0.5, 0.6) is 0 Å². The van der Waals surface area contributed by atoms with Gasteiger partial charge in [0, 0.05) is 12.2 Å². The molecule has 21 heavy (non-hydrogen) atoms. The van der Waals surface area contributed by atoms with E-state index in [-0.39, 0.29) is 11.4 Å². The lowest BCUT2D eigenvalue weighted by molar-refractivity contribution is 0.580.